The van der Waals surface area contributed by atoms with Gasteiger partial charge in [0.1, 0.15) is 5.69 Å². The summed E-state index contributed by atoms with van der Waals surface area (Å²) in [6, 6.07) is 11.7. The van der Waals surface area contributed by atoms with E-state index in [0.717, 1.165) is 0 Å². The van der Waals surface area contributed by atoms with E-state index in [2.05, 4.69) is 34.2 Å². The van der Waals surface area contributed by atoms with Gasteiger partial charge in [-0.05, 0) is 30.7 Å². The molecule has 2 heterocycles. The summed E-state index contributed by atoms with van der Waals surface area (Å²) < 4.78 is 5.23. The zero-order valence-electron chi connectivity index (χ0n) is 11.5. The Kier molecular flexibility index (Phi) is 3.87. The van der Waals surface area contributed by atoms with Crippen molar-refractivity contribution >= 4 is 17.4 Å². The predicted molar refractivity (Wildman–Crippen MR) is 82.7 cm³/mol. The molecule has 0 radical (unpaired) electrons. The highest BCUT2D eigenvalue weighted by atomic mass is 32.2. The van der Waals surface area contributed by atoms with Gasteiger partial charge in [-0.2, -0.15) is 4.98 Å². The van der Waals surface area contributed by atoms with Gasteiger partial charge in [0.25, 0.3) is 5.89 Å². The summed E-state index contributed by atoms with van der Waals surface area (Å²) in [5.74, 6) is 1.72. The van der Waals surface area contributed by atoms with Crippen LogP contribution in [0.15, 0.2) is 52.0 Å². The van der Waals surface area contributed by atoms with Gasteiger partial charge in [-0.3, -0.25) is 0 Å². The van der Waals surface area contributed by atoms with Gasteiger partial charge < -0.3 is 10.3 Å². The third kappa shape index (κ3) is 3.22. The molecule has 0 bridgehead atoms. The first-order chi connectivity index (χ1) is 10.2. The molecular formula is C15H14N4OS. The number of nitrogens with two attached hydrogens (primary N) is 1. The van der Waals surface area contributed by atoms with Crippen molar-refractivity contribution in [2.45, 2.75) is 17.6 Å². The molecule has 0 aliphatic rings. The first-order valence-electron chi connectivity index (χ1n) is 6.45. The molecule has 0 atom stereocenters. The number of nitrogens with zero attached hydrogens (tertiary/aromatic N) is 3. The molecule has 5 nitrogen and oxygen atoms in total. The molecule has 3 rings (SSSR count). The van der Waals surface area contributed by atoms with Crippen molar-refractivity contribution in [2.24, 2.45) is 0 Å². The van der Waals surface area contributed by atoms with Gasteiger partial charge in [-0.15, -0.1) is 11.8 Å². The van der Waals surface area contributed by atoms with E-state index in [1.807, 2.05) is 12.1 Å². The van der Waals surface area contributed by atoms with Gasteiger partial charge in [0.15, 0.2) is 5.82 Å². The number of rotatable bonds is 4. The number of hydrogen-bond donors (Lipinski definition) is 1. The summed E-state index contributed by atoms with van der Waals surface area (Å²) in [7, 11) is 0. The molecule has 1 aromatic carbocycles. The molecule has 0 saturated heterocycles. The van der Waals surface area contributed by atoms with Gasteiger partial charge >= 0.3 is 0 Å². The van der Waals surface area contributed by atoms with Crippen molar-refractivity contribution in [3.8, 4) is 11.6 Å². The molecular weight excluding hydrogens is 284 g/mol. The number of aryl methyl sites for hydroxylation is 1. The Balaban J connectivity index is 1.71. The Morgan fingerprint density at radius 2 is 2.05 bits per heavy atom. The maximum atomic E-state index is 5.60. The molecule has 0 aliphatic carbocycles. The van der Waals surface area contributed by atoms with Crippen LogP contribution in [0.3, 0.4) is 0 Å². The van der Waals surface area contributed by atoms with Crippen molar-refractivity contribution < 1.29 is 4.52 Å². The van der Waals surface area contributed by atoms with Crippen LogP contribution < -0.4 is 5.73 Å². The van der Waals surface area contributed by atoms with Crippen molar-refractivity contribution in [1.82, 2.24) is 15.1 Å². The van der Waals surface area contributed by atoms with E-state index in [0.29, 0.717) is 28.8 Å². The lowest BCUT2D eigenvalue weighted by Gasteiger charge is -2.01. The summed E-state index contributed by atoms with van der Waals surface area (Å²) in [6.45, 7) is 2.09. The fraction of sp³-hybridized carbons (Fsp3) is 0.133. The van der Waals surface area contributed by atoms with Crippen LogP contribution in [0.2, 0.25) is 0 Å². The molecule has 106 valence electrons. The van der Waals surface area contributed by atoms with Gasteiger partial charge in [-0.1, -0.05) is 23.4 Å². The van der Waals surface area contributed by atoms with Crippen molar-refractivity contribution in [3.05, 3.63) is 54.0 Å². The lowest BCUT2D eigenvalue weighted by molar-refractivity contribution is 0.424. The second-order valence-corrected chi connectivity index (χ2v) is 5.56. The highest BCUT2D eigenvalue weighted by Gasteiger charge is 2.10. The van der Waals surface area contributed by atoms with E-state index in [9.17, 15) is 0 Å². The second kappa shape index (κ2) is 5.97. The largest absolute Gasteiger partial charge is 0.397 e. The molecule has 3 aromatic rings. The number of aromatic nitrogens is 3. The summed E-state index contributed by atoms with van der Waals surface area (Å²) in [5, 5.41) is 3.98. The molecule has 6 heteroatoms. The fourth-order valence-corrected chi connectivity index (χ4v) is 2.68. The zero-order valence-corrected chi connectivity index (χ0v) is 12.3. The Hall–Kier alpha value is -2.34. The van der Waals surface area contributed by atoms with E-state index in [-0.39, 0.29) is 0 Å². The lowest BCUT2D eigenvalue weighted by atomic mass is 10.2. The molecule has 0 unspecified atom stereocenters. The molecule has 0 amide bonds. The fourth-order valence-electron chi connectivity index (χ4n) is 1.81. The average molecular weight is 298 g/mol. The number of thioether (sulfide) groups is 1. The molecule has 0 fully saturated rings. The lowest BCUT2D eigenvalue weighted by Crippen LogP contribution is -1.89. The quantitative estimate of drug-likeness (QED) is 0.744. The maximum absolute atomic E-state index is 5.60. The Morgan fingerprint density at radius 1 is 1.19 bits per heavy atom. The molecule has 2 aromatic heterocycles. The Morgan fingerprint density at radius 3 is 2.81 bits per heavy atom. The van der Waals surface area contributed by atoms with Crippen LogP contribution >= 0.6 is 11.8 Å². The highest BCUT2D eigenvalue weighted by molar-refractivity contribution is 7.98. The first-order valence-corrected chi connectivity index (χ1v) is 7.44. The second-order valence-electron chi connectivity index (χ2n) is 4.55. The zero-order chi connectivity index (χ0) is 14.7. The number of pyridine rings is 1. The summed E-state index contributed by atoms with van der Waals surface area (Å²) in [5.41, 5.74) is 8.08. The third-order valence-electron chi connectivity index (χ3n) is 2.92. The van der Waals surface area contributed by atoms with Crippen LogP contribution in [0, 0.1) is 6.92 Å². The van der Waals surface area contributed by atoms with Crippen LogP contribution in [-0.4, -0.2) is 15.1 Å². The number of benzene rings is 1. The molecule has 2 N–H and O–H groups in total. The van der Waals surface area contributed by atoms with Crippen LogP contribution in [0.25, 0.3) is 11.6 Å². The van der Waals surface area contributed by atoms with Crippen molar-refractivity contribution in [1.29, 1.82) is 0 Å². The Bertz CT molecular complexity index is 739. The van der Waals surface area contributed by atoms with E-state index in [1.165, 1.54) is 10.5 Å². The highest BCUT2D eigenvalue weighted by Crippen LogP contribution is 2.25. The normalized spacial score (nSPS) is 10.7. The van der Waals surface area contributed by atoms with E-state index < -0.39 is 0 Å². The molecule has 0 saturated carbocycles. The smallest absolute Gasteiger partial charge is 0.276 e. The van der Waals surface area contributed by atoms with Crippen molar-refractivity contribution in [3.63, 3.8) is 0 Å². The third-order valence-corrected chi connectivity index (χ3v) is 4.10. The minimum absolute atomic E-state index is 0.412. The summed E-state index contributed by atoms with van der Waals surface area (Å²) in [6.07, 6.45) is 1.57. The van der Waals surface area contributed by atoms with Gasteiger partial charge in [0.05, 0.1) is 17.6 Å². The monoisotopic (exact) mass is 298 g/mol. The molecule has 0 spiro atoms. The standard InChI is InChI=1S/C15H14N4OS/c1-10-4-2-3-5-13(10)21-9-14-18-15(20-19-14)12-7-6-11(16)8-17-12/h2-8H,9,16H2,1H3. The van der Waals surface area contributed by atoms with E-state index >= 15 is 0 Å². The topological polar surface area (TPSA) is 77.8 Å². The van der Waals surface area contributed by atoms with Gasteiger partial charge in [0.2, 0.25) is 0 Å². The average Bonchev–Trinajstić information content (AvgIpc) is 2.96. The summed E-state index contributed by atoms with van der Waals surface area (Å²) in [4.78, 5) is 9.74. The maximum Gasteiger partial charge on any atom is 0.276 e. The van der Waals surface area contributed by atoms with Gasteiger partial charge in [-0.25, -0.2) is 4.98 Å². The number of hydrogen-bond acceptors (Lipinski definition) is 6. The Labute approximate surface area is 126 Å². The number of nitrogen functional groups attached to an aromatic ring is 1. The van der Waals surface area contributed by atoms with Crippen LogP contribution in [0.4, 0.5) is 5.69 Å². The summed E-state index contributed by atoms with van der Waals surface area (Å²) >= 11 is 1.69. The first kappa shape index (κ1) is 13.6. The van der Waals surface area contributed by atoms with Crippen LogP contribution in [0.1, 0.15) is 11.4 Å². The predicted octanol–water partition coefficient (Wildman–Crippen LogP) is 3.31. The van der Waals surface area contributed by atoms with Crippen LogP contribution in [0.5, 0.6) is 0 Å². The SMILES string of the molecule is Cc1ccccc1SCc1noc(-c2ccc(N)cn2)n1. The van der Waals surface area contributed by atoms with Crippen molar-refractivity contribution in [2.75, 3.05) is 5.73 Å². The number of anilines is 1. The molecule has 0 aliphatic heterocycles. The van der Waals surface area contributed by atoms with Crippen LogP contribution in [-0.2, 0) is 5.75 Å². The van der Waals surface area contributed by atoms with E-state index in [4.69, 9.17) is 10.3 Å². The van der Waals surface area contributed by atoms with Gasteiger partial charge in [0, 0.05) is 4.90 Å². The van der Waals surface area contributed by atoms with E-state index in [1.54, 1.807) is 30.1 Å². The minimum atomic E-state index is 0.412. The minimum Gasteiger partial charge on any atom is -0.397 e. The molecule has 21 heavy (non-hydrogen) atoms.